The van der Waals surface area contributed by atoms with Crippen LogP contribution in [-0.2, 0) is 19.2 Å². The average Bonchev–Trinajstić information content (AvgIpc) is 2.64. The summed E-state index contributed by atoms with van der Waals surface area (Å²) in [6.07, 6.45) is 0.905. The van der Waals surface area contributed by atoms with E-state index < -0.39 is 11.8 Å². The molecule has 0 aromatic carbocycles. The van der Waals surface area contributed by atoms with Crippen LogP contribution in [0.15, 0.2) is 0 Å². The second-order valence-corrected chi connectivity index (χ2v) is 6.62. The third-order valence-electron chi connectivity index (χ3n) is 4.77. The smallest absolute Gasteiger partial charge is 0.312 e. The molecule has 0 unspecified atom stereocenters. The lowest BCUT2D eigenvalue weighted by Gasteiger charge is -2.37. The fourth-order valence-corrected chi connectivity index (χ4v) is 3.11. The lowest BCUT2D eigenvalue weighted by molar-refractivity contribution is -0.157. The van der Waals surface area contributed by atoms with Gasteiger partial charge in [-0.15, -0.1) is 0 Å². The van der Waals surface area contributed by atoms with Gasteiger partial charge in [-0.25, -0.2) is 0 Å². The largest absolute Gasteiger partial charge is 0.355 e. The summed E-state index contributed by atoms with van der Waals surface area (Å²) in [5.41, 5.74) is 0. The number of carbonyl (C=O) groups excluding carboxylic acids is 4. The number of nitrogens with one attached hydrogen (secondary N) is 1. The molecule has 0 bridgehead atoms. The van der Waals surface area contributed by atoms with Crippen molar-refractivity contribution in [3.63, 3.8) is 0 Å². The van der Waals surface area contributed by atoms with Crippen molar-refractivity contribution in [2.24, 2.45) is 0 Å². The molecular weight excluding hydrogens is 338 g/mol. The summed E-state index contributed by atoms with van der Waals surface area (Å²) in [5, 5.41) is 2.84. The summed E-state index contributed by atoms with van der Waals surface area (Å²) in [6.45, 7) is 8.45. The van der Waals surface area contributed by atoms with Gasteiger partial charge in [-0.1, -0.05) is 6.92 Å². The van der Waals surface area contributed by atoms with Gasteiger partial charge in [0.15, 0.2) is 0 Å². The minimum Gasteiger partial charge on any atom is -0.355 e. The van der Waals surface area contributed by atoms with E-state index in [1.165, 1.54) is 9.80 Å². The van der Waals surface area contributed by atoms with Crippen LogP contribution >= 0.6 is 0 Å². The fraction of sp³-hybridized carbons (Fsp3) is 0.765. The first kappa shape index (κ1) is 20.2. The van der Waals surface area contributed by atoms with Gasteiger partial charge in [0.05, 0.1) is 6.54 Å². The molecule has 0 spiro atoms. The Labute approximate surface area is 154 Å². The highest BCUT2D eigenvalue weighted by Gasteiger charge is 2.33. The van der Waals surface area contributed by atoms with E-state index in [-0.39, 0.29) is 18.4 Å². The fourth-order valence-electron chi connectivity index (χ4n) is 3.11. The monoisotopic (exact) mass is 367 g/mol. The lowest BCUT2D eigenvalue weighted by atomic mass is 10.2. The van der Waals surface area contributed by atoms with Gasteiger partial charge >= 0.3 is 11.8 Å². The molecule has 1 N–H and O–H groups in total. The molecule has 26 heavy (non-hydrogen) atoms. The minimum absolute atomic E-state index is 0.00420. The maximum absolute atomic E-state index is 12.4. The highest BCUT2D eigenvalue weighted by molar-refractivity contribution is 6.35. The Kier molecular flexibility index (Phi) is 7.38. The van der Waals surface area contributed by atoms with Crippen molar-refractivity contribution in [3.05, 3.63) is 0 Å². The number of amides is 4. The van der Waals surface area contributed by atoms with Gasteiger partial charge in [0.2, 0.25) is 11.8 Å². The molecule has 2 aliphatic heterocycles. The molecule has 9 nitrogen and oxygen atoms in total. The molecule has 0 radical (unpaired) electrons. The van der Waals surface area contributed by atoms with Gasteiger partial charge in [0.25, 0.3) is 0 Å². The summed E-state index contributed by atoms with van der Waals surface area (Å²) < 4.78 is 0. The first-order chi connectivity index (χ1) is 12.5. The van der Waals surface area contributed by atoms with E-state index in [1.807, 2.05) is 18.7 Å². The minimum atomic E-state index is -0.599. The molecule has 0 saturated carbocycles. The van der Waals surface area contributed by atoms with E-state index in [9.17, 15) is 19.2 Å². The van der Waals surface area contributed by atoms with E-state index in [1.54, 1.807) is 4.90 Å². The molecular formula is C17H29N5O4. The number of hydrogen-bond acceptors (Lipinski definition) is 5. The number of piperazine rings is 2. The van der Waals surface area contributed by atoms with Crippen LogP contribution in [0.5, 0.6) is 0 Å². The van der Waals surface area contributed by atoms with Crippen LogP contribution in [0.4, 0.5) is 0 Å². The van der Waals surface area contributed by atoms with Crippen LogP contribution < -0.4 is 5.32 Å². The number of carbonyl (C=O) groups is 4. The van der Waals surface area contributed by atoms with Gasteiger partial charge in [-0.2, -0.15) is 0 Å². The van der Waals surface area contributed by atoms with Crippen LogP contribution in [0.2, 0.25) is 0 Å². The van der Waals surface area contributed by atoms with E-state index >= 15 is 0 Å². The van der Waals surface area contributed by atoms with Crippen LogP contribution in [0, 0.1) is 0 Å². The standard InChI is InChI=1S/C17H29N5O4/c1-3-5-18-14(23)12-19-6-8-21(9-7-19)15(24)13-22-11-10-20(4-2)16(25)17(22)26/h3-13H2,1-2H3,(H,18,23). The molecule has 0 aromatic rings. The summed E-state index contributed by atoms with van der Waals surface area (Å²) in [6, 6.07) is 0. The SMILES string of the molecule is CCCNC(=O)CN1CCN(C(=O)CN2CCN(CC)C(=O)C2=O)CC1. The summed E-state index contributed by atoms with van der Waals surface area (Å²) in [7, 11) is 0. The van der Waals surface area contributed by atoms with Gasteiger partial charge in [0, 0.05) is 52.4 Å². The molecule has 2 heterocycles. The maximum atomic E-state index is 12.4. The van der Waals surface area contributed by atoms with Crippen molar-refractivity contribution in [2.75, 3.05) is 65.4 Å². The Hall–Kier alpha value is -2.16. The molecule has 2 rings (SSSR count). The predicted octanol–water partition coefficient (Wildman–Crippen LogP) is -1.65. The Balaban J connectivity index is 1.75. The zero-order valence-electron chi connectivity index (χ0n) is 15.7. The Morgan fingerprint density at radius 3 is 2.12 bits per heavy atom. The Bertz CT molecular complexity index is 545. The van der Waals surface area contributed by atoms with E-state index in [0.29, 0.717) is 58.9 Å². The Morgan fingerprint density at radius 1 is 0.885 bits per heavy atom. The molecule has 9 heteroatoms. The van der Waals surface area contributed by atoms with Gasteiger partial charge in [0.1, 0.15) is 6.54 Å². The van der Waals surface area contributed by atoms with E-state index in [2.05, 4.69) is 5.32 Å². The maximum Gasteiger partial charge on any atom is 0.312 e. The van der Waals surface area contributed by atoms with Crippen LogP contribution in [0.1, 0.15) is 20.3 Å². The molecule has 0 aliphatic carbocycles. The number of nitrogens with zero attached hydrogens (tertiary/aromatic N) is 4. The number of rotatable bonds is 7. The third-order valence-corrected chi connectivity index (χ3v) is 4.77. The van der Waals surface area contributed by atoms with Crippen molar-refractivity contribution in [2.45, 2.75) is 20.3 Å². The summed E-state index contributed by atoms with van der Waals surface area (Å²) >= 11 is 0. The third kappa shape index (κ3) is 5.17. The lowest BCUT2D eigenvalue weighted by Crippen LogP contribution is -2.58. The van der Waals surface area contributed by atoms with E-state index in [0.717, 1.165) is 6.42 Å². The van der Waals surface area contributed by atoms with Crippen molar-refractivity contribution >= 4 is 23.6 Å². The van der Waals surface area contributed by atoms with Crippen LogP contribution in [0.25, 0.3) is 0 Å². The molecule has 2 aliphatic rings. The van der Waals surface area contributed by atoms with E-state index in [4.69, 9.17) is 0 Å². The van der Waals surface area contributed by atoms with Crippen molar-refractivity contribution in [3.8, 4) is 0 Å². The highest BCUT2D eigenvalue weighted by atomic mass is 16.2. The van der Waals surface area contributed by atoms with Crippen molar-refractivity contribution in [1.82, 2.24) is 24.9 Å². The van der Waals surface area contributed by atoms with Crippen LogP contribution in [0.3, 0.4) is 0 Å². The zero-order chi connectivity index (χ0) is 19.1. The first-order valence-corrected chi connectivity index (χ1v) is 9.31. The quantitative estimate of drug-likeness (QED) is 0.544. The average molecular weight is 367 g/mol. The van der Waals surface area contributed by atoms with Crippen molar-refractivity contribution < 1.29 is 19.2 Å². The second kappa shape index (κ2) is 9.51. The Morgan fingerprint density at radius 2 is 1.50 bits per heavy atom. The van der Waals surface area contributed by atoms with Gasteiger partial charge in [-0.05, 0) is 13.3 Å². The molecule has 146 valence electrons. The zero-order valence-corrected chi connectivity index (χ0v) is 15.7. The summed E-state index contributed by atoms with van der Waals surface area (Å²) in [4.78, 5) is 54.7. The molecule has 0 aromatic heterocycles. The number of likely N-dealkylation sites (N-methyl/N-ethyl adjacent to an activating group) is 1. The topological polar surface area (TPSA) is 93.3 Å². The second-order valence-electron chi connectivity index (χ2n) is 6.62. The molecule has 2 saturated heterocycles. The van der Waals surface area contributed by atoms with Crippen LogP contribution in [-0.4, -0.2) is 109 Å². The predicted molar refractivity (Wildman–Crippen MR) is 95.2 cm³/mol. The summed E-state index contributed by atoms with van der Waals surface area (Å²) in [5.74, 6) is -1.28. The highest BCUT2D eigenvalue weighted by Crippen LogP contribution is 2.07. The van der Waals surface area contributed by atoms with Gasteiger partial charge in [-0.3, -0.25) is 24.1 Å². The van der Waals surface area contributed by atoms with Gasteiger partial charge < -0.3 is 20.0 Å². The van der Waals surface area contributed by atoms with Crippen molar-refractivity contribution in [1.29, 1.82) is 0 Å². The molecule has 0 atom stereocenters. The number of hydrogen-bond donors (Lipinski definition) is 1. The molecule has 2 fully saturated rings. The molecule has 4 amide bonds. The first-order valence-electron chi connectivity index (χ1n) is 9.31. The normalized spacial score (nSPS) is 19.1.